The summed E-state index contributed by atoms with van der Waals surface area (Å²) in [7, 11) is 0. The van der Waals surface area contributed by atoms with Gasteiger partial charge in [-0.3, -0.25) is 4.79 Å². The molecule has 1 heterocycles. The average Bonchev–Trinajstić information content (AvgIpc) is 3.18. The summed E-state index contributed by atoms with van der Waals surface area (Å²) in [5.74, 6) is 0.362. The second-order valence-electron chi connectivity index (χ2n) is 5.65. The van der Waals surface area contributed by atoms with Gasteiger partial charge in [-0.1, -0.05) is 36.6 Å². The van der Waals surface area contributed by atoms with Gasteiger partial charge in [0.05, 0.1) is 6.04 Å². The zero-order valence-electron chi connectivity index (χ0n) is 12.2. The second kappa shape index (κ2) is 6.87. The first-order valence-electron chi connectivity index (χ1n) is 7.48. The second-order valence-corrected chi connectivity index (χ2v) is 6.09. The average molecular weight is 320 g/mol. The predicted octanol–water partition coefficient (Wildman–Crippen LogP) is 2.37. The molecule has 6 nitrogen and oxygen atoms in total. The highest BCUT2D eigenvalue weighted by molar-refractivity contribution is 6.30. The molecule has 0 bridgehead atoms. The van der Waals surface area contributed by atoms with Crippen molar-refractivity contribution in [3.63, 3.8) is 0 Å². The summed E-state index contributed by atoms with van der Waals surface area (Å²) in [5.41, 5.74) is 1.06. The first-order chi connectivity index (χ1) is 10.7. The van der Waals surface area contributed by atoms with E-state index in [9.17, 15) is 4.79 Å². The lowest BCUT2D eigenvalue weighted by Crippen LogP contribution is -2.35. The van der Waals surface area contributed by atoms with Gasteiger partial charge >= 0.3 is 0 Å². The molecule has 1 aromatic carbocycles. The number of hydrogen-bond acceptors (Lipinski definition) is 4. The van der Waals surface area contributed by atoms with Gasteiger partial charge in [0.15, 0.2) is 0 Å². The van der Waals surface area contributed by atoms with Crippen LogP contribution in [0.15, 0.2) is 30.6 Å². The summed E-state index contributed by atoms with van der Waals surface area (Å²) < 4.78 is 1.42. The van der Waals surface area contributed by atoms with Crippen LogP contribution in [0.2, 0.25) is 5.02 Å². The normalized spacial score (nSPS) is 16.6. The SMILES string of the molecule is O=C(Cn1cnnn1)N[C@H](c1cccc(Cl)c1)C1CCCC1. The zero-order valence-corrected chi connectivity index (χ0v) is 12.9. The molecular weight excluding hydrogens is 302 g/mol. The van der Waals surface area contributed by atoms with Gasteiger partial charge in [0.1, 0.15) is 12.9 Å². The third-order valence-electron chi connectivity index (χ3n) is 4.09. The first-order valence-corrected chi connectivity index (χ1v) is 7.86. The third kappa shape index (κ3) is 3.62. The van der Waals surface area contributed by atoms with E-state index in [4.69, 9.17) is 11.6 Å². The number of nitrogens with zero attached hydrogens (tertiary/aromatic N) is 4. The zero-order chi connectivity index (χ0) is 15.4. The highest BCUT2D eigenvalue weighted by atomic mass is 35.5. The molecule has 1 N–H and O–H groups in total. The number of rotatable bonds is 5. The molecule has 0 spiro atoms. The minimum Gasteiger partial charge on any atom is -0.347 e. The number of nitrogens with one attached hydrogen (secondary N) is 1. The Bertz CT molecular complexity index is 625. The molecular formula is C15H18ClN5O. The van der Waals surface area contributed by atoms with Gasteiger partial charge in [0, 0.05) is 5.02 Å². The Morgan fingerprint density at radius 3 is 2.91 bits per heavy atom. The van der Waals surface area contributed by atoms with Crippen molar-refractivity contribution in [3.05, 3.63) is 41.2 Å². The summed E-state index contributed by atoms with van der Waals surface area (Å²) in [5, 5.41) is 14.6. The molecule has 0 unspecified atom stereocenters. The Morgan fingerprint density at radius 1 is 1.41 bits per heavy atom. The van der Waals surface area contributed by atoms with Crippen molar-refractivity contribution in [2.75, 3.05) is 0 Å². The number of hydrogen-bond donors (Lipinski definition) is 1. The van der Waals surface area contributed by atoms with Crippen molar-refractivity contribution in [3.8, 4) is 0 Å². The predicted molar refractivity (Wildman–Crippen MR) is 82.1 cm³/mol. The van der Waals surface area contributed by atoms with Crippen molar-refractivity contribution in [1.82, 2.24) is 25.5 Å². The van der Waals surface area contributed by atoms with E-state index in [1.807, 2.05) is 24.3 Å². The van der Waals surface area contributed by atoms with Crippen LogP contribution in [0.5, 0.6) is 0 Å². The van der Waals surface area contributed by atoms with Crippen molar-refractivity contribution in [2.45, 2.75) is 38.3 Å². The molecule has 1 saturated carbocycles. The van der Waals surface area contributed by atoms with Crippen molar-refractivity contribution in [2.24, 2.45) is 5.92 Å². The smallest absolute Gasteiger partial charge is 0.242 e. The number of tetrazole rings is 1. The molecule has 0 saturated heterocycles. The highest BCUT2D eigenvalue weighted by Crippen LogP contribution is 2.36. The van der Waals surface area contributed by atoms with Crippen molar-refractivity contribution >= 4 is 17.5 Å². The van der Waals surface area contributed by atoms with Gasteiger partial charge in [-0.25, -0.2) is 4.68 Å². The van der Waals surface area contributed by atoms with Crippen LogP contribution in [0.25, 0.3) is 0 Å². The maximum Gasteiger partial charge on any atom is 0.242 e. The Labute approximate surface area is 133 Å². The van der Waals surface area contributed by atoms with Crippen LogP contribution in [-0.2, 0) is 11.3 Å². The molecule has 1 aromatic heterocycles. The number of halogens is 1. The van der Waals surface area contributed by atoms with Crippen LogP contribution in [0, 0.1) is 5.92 Å². The van der Waals surface area contributed by atoms with Crippen LogP contribution in [-0.4, -0.2) is 26.1 Å². The van der Waals surface area contributed by atoms with Crippen molar-refractivity contribution in [1.29, 1.82) is 0 Å². The van der Waals surface area contributed by atoms with E-state index >= 15 is 0 Å². The van der Waals surface area contributed by atoms with Crippen LogP contribution >= 0.6 is 11.6 Å². The van der Waals surface area contributed by atoms with Gasteiger partial charge in [0.2, 0.25) is 5.91 Å². The molecule has 1 amide bonds. The summed E-state index contributed by atoms with van der Waals surface area (Å²) >= 11 is 6.10. The van der Waals surface area contributed by atoms with Gasteiger partial charge in [-0.05, 0) is 46.9 Å². The molecule has 22 heavy (non-hydrogen) atoms. The maximum atomic E-state index is 12.3. The fourth-order valence-electron chi connectivity index (χ4n) is 3.08. The molecule has 3 rings (SSSR count). The molecule has 1 fully saturated rings. The Kier molecular flexibility index (Phi) is 4.68. The molecule has 116 valence electrons. The summed E-state index contributed by atoms with van der Waals surface area (Å²) in [6, 6.07) is 7.71. The van der Waals surface area contributed by atoms with E-state index < -0.39 is 0 Å². The molecule has 1 aliphatic carbocycles. The standard InChI is InChI=1S/C15H18ClN5O/c16-13-7-3-6-12(8-13)15(11-4-1-2-5-11)18-14(22)9-21-10-17-19-20-21/h3,6-8,10-11,15H,1-2,4-5,9H2,(H,18,22)/t15-/m0/s1. The lowest BCUT2D eigenvalue weighted by molar-refractivity contribution is -0.123. The summed E-state index contributed by atoms with van der Waals surface area (Å²) in [6.07, 6.45) is 6.11. The van der Waals surface area contributed by atoms with Crippen molar-refractivity contribution < 1.29 is 4.79 Å². The van der Waals surface area contributed by atoms with Gasteiger partial charge in [-0.2, -0.15) is 0 Å². The fourth-order valence-corrected chi connectivity index (χ4v) is 3.28. The van der Waals surface area contributed by atoms with E-state index in [0.29, 0.717) is 10.9 Å². The Balaban J connectivity index is 1.75. The summed E-state index contributed by atoms with van der Waals surface area (Å²) in [4.78, 5) is 12.3. The van der Waals surface area contributed by atoms with E-state index in [1.165, 1.54) is 23.9 Å². The number of amides is 1. The van der Waals surface area contributed by atoms with Crippen LogP contribution in [0.3, 0.4) is 0 Å². The monoisotopic (exact) mass is 319 g/mol. The van der Waals surface area contributed by atoms with E-state index in [0.717, 1.165) is 18.4 Å². The Hall–Kier alpha value is -1.95. The largest absolute Gasteiger partial charge is 0.347 e. The first kappa shape index (κ1) is 15.0. The van der Waals surface area contributed by atoms with E-state index in [2.05, 4.69) is 20.8 Å². The van der Waals surface area contributed by atoms with Crippen LogP contribution in [0.1, 0.15) is 37.3 Å². The van der Waals surface area contributed by atoms with Gasteiger partial charge < -0.3 is 5.32 Å². The van der Waals surface area contributed by atoms with Gasteiger partial charge in [0.25, 0.3) is 0 Å². The number of benzene rings is 1. The highest BCUT2D eigenvalue weighted by Gasteiger charge is 2.28. The molecule has 2 aromatic rings. The lowest BCUT2D eigenvalue weighted by Gasteiger charge is -2.25. The third-order valence-corrected chi connectivity index (χ3v) is 4.33. The number of aromatic nitrogens is 4. The van der Waals surface area contributed by atoms with Crippen LogP contribution < -0.4 is 5.32 Å². The topological polar surface area (TPSA) is 72.7 Å². The van der Waals surface area contributed by atoms with Crippen LogP contribution in [0.4, 0.5) is 0 Å². The minimum absolute atomic E-state index is 0.00909. The van der Waals surface area contributed by atoms with E-state index in [-0.39, 0.29) is 18.5 Å². The quantitative estimate of drug-likeness (QED) is 0.918. The summed E-state index contributed by atoms with van der Waals surface area (Å²) in [6.45, 7) is 0.122. The number of carbonyl (C=O) groups excluding carboxylic acids is 1. The molecule has 0 aliphatic heterocycles. The molecule has 1 aliphatic rings. The minimum atomic E-state index is -0.0934. The molecule has 1 atom stereocenters. The maximum absolute atomic E-state index is 12.3. The van der Waals surface area contributed by atoms with Gasteiger partial charge in [-0.15, -0.1) is 5.10 Å². The lowest BCUT2D eigenvalue weighted by atomic mass is 9.91. The molecule has 7 heteroatoms. The fraction of sp³-hybridized carbons (Fsp3) is 0.467. The molecule has 0 radical (unpaired) electrons. The number of carbonyl (C=O) groups is 1. The van der Waals surface area contributed by atoms with E-state index in [1.54, 1.807) is 0 Å². The Morgan fingerprint density at radius 2 is 2.23 bits per heavy atom.